The van der Waals surface area contributed by atoms with Crippen molar-refractivity contribution in [3.05, 3.63) is 71.9 Å². The molecule has 10 heteroatoms. The van der Waals surface area contributed by atoms with Gasteiger partial charge in [-0.15, -0.1) is 5.10 Å². The van der Waals surface area contributed by atoms with Gasteiger partial charge < -0.3 is 15.0 Å². The van der Waals surface area contributed by atoms with Crippen LogP contribution in [-0.2, 0) is 4.74 Å². The number of methoxy groups -OCH3 is 1. The van der Waals surface area contributed by atoms with Gasteiger partial charge in [-0.1, -0.05) is 17.3 Å². The van der Waals surface area contributed by atoms with Crippen molar-refractivity contribution in [3.8, 4) is 5.69 Å². The van der Waals surface area contributed by atoms with Gasteiger partial charge in [0.1, 0.15) is 11.3 Å². The number of fused-ring (bicyclic) bond motifs is 1. The molecule has 0 bridgehead atoms. The second-order valence-corrected chi connectivity index (χ2v) is 7.69. The van der Waals surface area contributed by atoms with E-state index in [4.69, 9.17) is 4.74 Å². The van der Waals surface area contributed by atoms with E-state index in [1.165, 1.54) is 7.11 Å². The normalized spacial score (nSPS) is 13.8. The van der Waals surface area contributed by atoms with Gasteiger partial charge in [0.25, 0.3) is 5.91 Å². The van der Waals surface area contributed by atoms with Crippen LogP contribution >= 0.6 is 0 Å². The predicted molar refractivity (Wildman–Crippen MR) is 116 cm³/mol. The number of carbonyl (C=O) groups is 2. The average molecular weight is 431 g/mol. The van der Waals surface area contributed by atoms with Gasteiger partial charge in [0.05, 0.1) is 30.9 Å². The number of hydrogen-bond acceptors (Lipinski definition) is 6. The van der Waals surface area contributed by atoms with Gasteiger partial charge in [0, 0.05) is 30.9 Å². The first-order valence-electron chi connectivity index (χ1n) is 10.1. The molecule has 5 rings (SSSR count). The molecule has 1 aliphatic heterocycles. The first-order chi connectivity index (χ1) is 15.5. The number of imidazole rings is 1. The lowest BCUT2D eigenvalue weighted by molar-refractivity contribution is 0.0872. The van der Waals surface area contributed by atoms with Gasteiger partial charge in [0.15, 0.2) is 0 Å². The molecular formula is C22H21N7O3. The number of rotatable bonds is 4. The zero-order valence-electron chi connectivity index (χ0n) is 17.6. The summed E-state index contributed by atoms with van der Waals surface area (Å²) in [5.41, 5.74) is 4.34. The van der Waals surface area contributed by atoms with Gasteiger partial charge in [-0.3, -0.25) is 9.20 Å². The predicted octanol–water partition coefficient (Wildman–Crippen LogP) is 2.64. The molecule has 1 fully saturated rings. The lowest BCUT2D eigenvalue weighted by atomic mass is 9.98. The molecule has 162 valence electrons. The molecule has 0 saturated carbocycles. The van der Waals surface area contributed by atoms with Crippen LogP contribution in [0.5, 0.6) is 0 Å². The van der Waals surface area contributed by atoms with Crippen LogP contribution in [0.4, 0.5) is 10.5 Å². The number of nitrogens with zero attached hydrogens (tertiary/aromatic N) is 6. The number of amides is 2. The molecule has 2 amide bonds. The Morgan fingerprint density at radius 1 is 1.19 bits per heavy atom. The Labute approximate surface area is 183 Å². The number of nitrogens with one attached hydrogen (secondary N) is 1. The van der Waals surface area contributed by atoms with Crippen LogP contribution in [0.1, 0.15) is 27.7 Å². The number of carbonyl (C=O) groups excluding carboxylic acids is 2. The zero-order valence-corrected chi connectivity index (χ0v) is 17.6. The largest absolute Gasteiger partial charge is 0.453 e. The average Bonchev–Trinajstić information content (AvgIpc) is 3.41. The van der Waals surface area contributed by atoms with E-state index in [2.05, 4.69) is 20.6 Å². The van der Waals surface area contributed by atoms with Gasteiger partial charge >= 0.3 is 6.09 Å². The van der Waals surface area contributed by atoms with Crippen LogP contribution in [0.25, 0.3) is 11.3 Å². The third-order valence-electron chi connectivity index (χ3n) is 5.63. The Morgan fingerprint density at radius 3 is 2.84 bits per heavy atom. The highest BCUT2D eigenvalue weighted by atomic mass is 16.5. The van der Waals surface area contributed by atoms with Crippen LogP contribution in [0.15, 0.2) is 55.0 Å². The number of aryl methyl sites for hydroxylation is 1. The number of anilines is 1. The molecule has 4 aromatic rings. The molecular weight excluding hydrogens is 410 g/mol. The SMILES string of the molecule is COC(=O)N1CC(c2cn(-c3ccc(C)c(NC(=O)c4cnc5ccccn45)c3)nn2)C1. The van der Waals surface area contributed by atoms with Gasteiger partial charge in [-0.25, -0.2) is 14.5 Å². The maximum Gasteiger partial charge on any atom is 0.409 e. The quantitative estimate of drug-likeness (QED) is 0.532. The van der Waals surface area contributed by atoms with E-state index in [9.17, 15) is 9.59 Å². The maximum absolute atomic E-state index is 12.9. The van der Waals surface area contributed by atoms with Crippen LogP contribution in [0.3, 0.4) is 0 Å². The summed E-state index contributed by atoms with van der Waals surface area (Å²) in [7, 11) is 1.37. The summed E-state index contributed by atoms with van der Waals surface area (Å²) in [6.45, 7) is 3.04. The van der Waals surface area contributed by atoms with Crippen molar-refractivity contribution in [2.75, 3.05) is 25.5 Å². The van der Waals surface area contributed by atoms with E-state index < -0.39 is 0 Å². The third kappa shape index (κ3) is 3.45. The third-order valence-corrected chi connectivity index (χ3v) is 5.63. The molecule has 1 aromatic carbocycles. The zero-order chi connectivity index (χ0) is 22.2. The summed E-state index contributed by atoms with van der Waals surface area (Å²) >= 11 is 0. The minimum atomic E-state index is -0.335. The molecule has 1 N–H and O–H groups in total. The highest BCUT2D eigenvalue weighted by Gasteiger charge is 2.34. The van der Waals surface area contributed by atoms with Crippen molar-refractivity contribution in [3.63, 3.8) is 0 Å². The van der Waals surface area contributed by atoms with Crippen LogP contribution < -0.4 is 5.32 Å². The molecule has 32 heavy (non-hydrogen) atoms. The topological polar surface area (TPSA) is 107 Å². The van der Waals surface area contributed by atoms with Crippen LogP contribution in [-0.4, -0.2) is 61.5 Å². The van der Waals surface area contributed by atoms with Gasteiger partial charge in [-0.05, 0) is 36.8 Å². The molecule has 10 nitrogen and oxygen atoms in total. The summed E-state index contributed by atoms with van der Waals surface area (Å²) in [5, 5.41) is 11.5. The molecule has 0 spiro atoms. The Kier molecular flexibility index (Phi) is 4.81. The number of ether oxygens (including phenoxy) is 1. The lowest BCUT2D eigenvalue weighted by Gasteiger charge is -2.36. The van der Waals surface area contributed by atoms with Gasteiger partial charge in [0.2, 0.25) is 0 Å². The van der Waals surface area contributed by atoms with E-state index in [1.807, 2.05) is 49.5 Å². The van der Waals surface area contributed by atoms with Crippen molar-refractivity contribution >= 4 is 23.3 Å². The van der Waals surface area contributed by atoms with Crippen molar-refractivity contribution < 1.29 is 14.3 Å². The monoisotopic (exact) mass is 431 g/mol. The van der Waals surface area contributed by atoms with Crippen LogP contribution in [0, 0.1) is 6.92 Å². The van der Waals surface area contributed by atoms with Crippen molar-refractivity contribution in [2.24, 2.45) is 0 Å². The van der Waals surface area contributed by atoms with Crippen molar-refractivity contribution in [1.29, 1.82) is 0 Å². The molecule has 0 aliphatic carbocycles. The van der Waals surface area contributed by atoms with E-state index in [1.54, 1.807) is 26.4 Å². The summed E-state index contributed by atoms with van der Waals surface area (Å²) in [6.07, 6.45) is 4.88. The maximum atomic E-state index is 12.9. The lowest BCUT2D eigenvalue weighted by Crippen LogP contribution is -2.48. The van der Waals surface area contributed by atoms with Crippen molar-refractivity contribution in [2.45, 2.75) is 12.8 Å². The fourth-order valence-corrected chi connectivity index (χ4v) is 3.71. The van der Waals surface area contributed by atoms with E-state index >= 15 is 0 Å². The number of hydrogen-bond donors (Lipinski definition) is 1. The van der Waals surface area contributed by atoms with E-state index in [0.29, 0.717) is 30.1 Å². The minimum absolute atomic E-state index is 0.127. The molecule has 0 radical (unpaired) electrons. The standard InChI is InChI=1S/C22H21N7O3/c1-14-6-7-16(29-13-18(25-26-29)15-11-27(12-15)22(31)32-2)9-17(14)24-21(30)19-10-23-20-5-3-4-8-28(19)20/h3-10,13,15H,11-12H2,1-2H3,(H,24,30). The number of pyridine rings is 1. The Balaban J connectivity index is 1.34. The molecule has 4 heterocycles. The van der Waals surface area contributed by atoms with Crippen molar-refractivity contribution in [1.82, 2.24) is 29.3 Å². The summed E-state index contributed by atoms with van der Waals surface area (Å²) in [4.78, 5) is 30.3. The number of aromatic nitrogens is 5. The number of likely N-dealkylation sites (tertiary alicyclic amines) is 1. The molecule has 1 saturated heterocycles. The second kappa shape index (κ2) is 7.80. The Bertz CT molecular complexity index is 1320. The Morgan fingerprint density at radius 2 is 2.03 bits per heavy atom. The van der Waals surface area contributed by atoms with Crippen LogP contribution in [0.2, 0.25) is 0 Å². The highest BCUT2D eigenvalue weighted by Crippen LogP contribution is 2.27. The smallest absolute Gasteiger partial charge is 0.409 e. The molecule has 1 aliphatic rings. The summed E-state index contributed by atoms with van der Waals surface area (Å²) in [5.74, 6) is -0.122. The highest BCUT2D eigenvalue weighted by molar-refractivity contribution is 6.04. The van der Waals surface area contributed by atoms with E-state index in [-0.39, 0.29) is 17.9 Å². The molecule has 0 unspecified atom stereocenters. The number of benzene rings is 1. The minimum Gasteiger partial charge on any atom is -0.453 e. The van der Waals surface area contributed by atoms with Gasteiger partial charge in [-0.2, -0.15) is 0 Å². The second-order valence-electron chi connectivity index (χ2n) is 7.69. The molecule has 0 atom stereocenters. The summed E-state index contributed by atoms with van der Waals surface area (Å²) < 4.78 is 8.14. The Hall–Kier alpha value is -4.21. The first kappa shape index (κ1) is 19.7. The fourth-order valence-electron chi connectivity index (χ4n) is 3.71. The van der Waals surface area contributed by atoms with E-state index in [0.717, 1.165) is 16.9 Å². The first-order valence-corrected chi connectivity index (χ1v) is 10.1. The summed E-state index contributed by atoms with van der Waals surface area (Å²) in [6, 6.07) is 11.3. The molecule has 3 aromatic heterocycles. The fraction of sp³-hybridized carbons (Fsp3) is 0.227.